The van der Waals surface area contributed by atoms with Gasteiger partial charge >= 0.3 is 0 Å². The van der Waals surface area contributed by atoms with Gasteiger partial charge in [-0.05, 0) is 24.5 Å². The summed E-state index contributed by atoms with van der Waals surface area (Å²) in [5.41, 5.74) is 6.16. The second kappa shape index (κ2) is 2.11. The lowest BCUT2D eigenvalue weighted by molar-refractivity contribution is 0.511. The molecule has 0 bridgehead atoms. The molecular weight excluding hydrogens is 136 g/mol. The van der Waals surface area contributed by atoms with Crippen LogP contribution in [0.4, 0.5) is 0 Å². The Morgan fingerprint density at radius 1 is 1.55 bits per heavy atom. The fraction of sp³-hybridized carbons (Fsp3) is 0.556. The highest BCUT2D eigenvalue weighted by Gasteiger charge is 2.47. The molecule has 0 aromatic carbocycles. The number of nitrogens with zero attached hydrogens (tertiary/aromatic N) is 1. The normalized spacial score (nSPS) is 35.6. The lowest BCUT2D eigenvalue weighted by Gasteiger charge is -2.10. The van der Waals surface area contributed by atoms with Crippen molar-refractivity contribution in [1.82, 2.24) is 4.57 Å². The highest BCUT2D eigenvalue weighted by molar-refractivity contribution is 5.06. The molecule has 2 N–H and O–H groups in total. The Morgan fingerprint density at radius 3 is 2.55 bits per heavy atom. The molecule has 2 heteroatoms. The van der Waals surface area contributed by atoms with Crippen LogP contribution in [0.15, 0.2) is 24.5 Å². The number of hydrogen-bond donors (Lipinski definition) is 1. The Bertz CT molecular complexity index is 240. The quantitative estimate of drug-likeness (QED) is 0.675. The molecule has 60 valence electrons. The second-order valence-corrected chi connectivity index (χ2v) is 3.69. The molecule has 2 unspecified atom stereocenters. The van der Waals surface area contributed by atoms with E-state index in [1.807, 2.05) is 12.1 Å². The molecule has 0 amide bonds. The third-order valence-corrected chi connectivity index (χ3v) is 2.65. The summed E-state index contributed by atoms with van der Waals surface area (Å²) in [6.45, 7) is 3.19. The number of rotatable bonds is 2. The fourth-order valence-electron chi connectivity index (χ4n) is 1.55. The van der Waals surface area contributed by atoms with Crippen LogP contribution in [-0.4, -0.2) is 10.1 Å². The molecule has 0 aliphatic heterocycles. The molecule has 1 saturated carbocycles. The van der Waals surface area contributed by atoms with Crippen LogP contribution in [0.2, 0.25) is 0 Å². The molecule has 2 rings (SSSR count). The maximum atomic E-state index is 6.06. The maximum Gasteiger partial charge on any atom is 0.0402 e. The van der Waals surface area contributed by atoms with Crippen molar-refractivity contribution in [3.63, 3.8) is 0 Å². The Hall–Kier alpha value is -0.760. The Morgan fingerprint density at radius 2 is 2.09 bits per heavy atom. The lowest BCUT2D eigenvalue weighted by Crippen LogP contribution is -2.29. The second-order valence-electron chi connectivity index (χ2n) is 3.69. The van der Waals surface area contributed by atoms with Crippen LogP contribution in [0.5, 0.6) is 0 Å². The van der Waals surface area contributed by atoms with E-state index in [-0.39, 0.29) is 5.54 Å². The summed E-state index contributed by atoms with van der Waals surface area (Å²) in [5, 5.41) is 0. The largest absolute Gasteiger partial charge is 0.352 e. The number of aromatic nitrogens is 1. The lowest BCUT2D eigenvalue weighted by atomic mass is 10.2. The molecule has 1 aliphatic rings. The molecule has 2 atom stereocenters. The molecule has 1 heterocycles. The van der Waals surface area contributed by atoms with E-state index < -0.39 is 0 Å². The molecule has 1 aromatic heterocycles. The fourth-order valence-corrected chi connectivity index (χ4v) is 1.55. The van der Waals surface area contributed by atoms with Crippen LogP contribution >= 0.6 is 0 Å². The SMILES string of the molecule is CC1CC1(N)Cn1cccc1. The van der Waals surface area contributed by atoms with Gasteiger partial charge in [0.2, 0.25) is 0 Å². The van der Waals surface area contributed by atoms with Crippen molar-refractivity contribution in [2.45, 2.75) is 25.4 Å². The van der Waals surface area contributed by atoms with Crippen LogP contribution in [0.25, 0.3) is 0 Å². The van der Waals surface area contributed by atoms with Crippen LogP contribution in [0.1, 0.15) is 13.3 Å². The summed E-state index contributed by atoms with van der Waals surface area (Å²) in [6, 6.07) is 4.08. The summed E-state index contributed by atoms with van der Waals surface area (Å²) < 4.78 is 2.16. The molecule has 11 heavy (non-hydrogen) atoms. The van der Waals surface area contributed by atoms with Gasteiger partial charge in [-0.2, -0.15) is 0 Å². The average Bonchev–Trinajstić information content (AvgIpc) is 2.43. The van der Waals surface area contributed by atoms with Gasteiger partial charge in [-0.15, -0.1) is 0 Å². The first-order valence-corrected chi connectivity index (χ1v) is 4.10. The molecule has 0 saturated heterocycles. The van der Waals surface area contributed by atoms with Gasteiger partial charge in [-0.25, -0.2) is 0 Å². The molecule has 2 nitrogen and oxygen atoms in total. The Labute approximate surface area is 67.0 Å². The van der Waals surface area contributed by atoms with Gasteiger partial charge in [0.25, 0.3) is 0 Å². The molecule has 0 radical (unpaired) electrons. The van der Waals surface area contributed by atoms with Crippen molar-refractivity contribution in [2.75, 3.05) is 0 Å². The smallest absolute Gasteiger partial charge is 0.0402 e. The van der Waals surface area contributed by atoms with E-state index in [4.69, 9.17) is 5.73 Å². The van der Waals surface area contributed by atoms with Crippen molar-refractivity contribution >= 4 is 0 Å². The van der Waals surface area contributed by atoms with Crippen molar-refractivity contribution in [3.05, 3.63) is 24.5 Å². The van der Waals surface area contributed by atoms with Crippen molar-refractivity contribution in [2.24, 2.45) is 11.7 Å². The third kappa shape index (κ3) is 1.18. The van der Waals surface area contributed by atoms with Crippen LogP contribution in [-0.2, 0) is 6.54 Å². The van der Waals surface area contributed by atoms with E-state index in [9.17, 15) is 0 Å². The van der Waals surface area contributed by atoms with E-state index in [0.717, 1.165) is 6.54 Å². The van der Waals surface area contributed by atoms with Crippen LogP contribution < -0.4 is 5.73 Å². The van der Waals surface area contributed by atoms with E-state index in [1.165, 1.54) is 6.42 Å². The van der Waals surface area contributed by atoms with Crippen molar-refractivity contribution in [1.29, 1.82) is 0 Å². The van der Waals surface area contributed by atoms with Gasteiger partial charge in [0.15, 0.2) is 0 Å². The summed E-state index contributed by atoms with van der Waals surface area (Å²) in [6.07, 6.45) is 5.31. The van der Waals surface area contributed by atoms with Crippen molar-refractivity contribution < 1.29 is 0 Å². The van der Waals surface area contributed by atoms with E-state index >= 15 is 0 Å². The Kier molecular flexibility index (Phi) is 1.33. The summed E-state index contributed by atoms with van der Waals surface area (Å²) in [5.74, 6) is 0.699. The van der Waals surface area contributed by atoms with Gasteiger partial charge in [0, 0.05) is 24.5 Å². The molecular formula is C9H14N2. The maximum absolute atomic E-state index is 6.06. The molecule has 1 aromatic rings. The highest BCUT2D eigenvalue weighted by Crippen LogP contribution is 2.41. The van der Waals surface area contributed by atoms with E-state index in [2.05, 4.69) is 23.9 Å². The van der Waals surface area contributed by atoms with Gasteiger partial charge < -0.3 is 10.3 Å². The number of nitrogens with two attached hydrogens (primary N) is 1. The zero-order valence-corrected chi connectivity index (χ0v) is 6.83. The van der Waals surface area contributed by atoms with Gasteiger partial charge in [0.05, 0.1) is 0 Å². The molecule has 1 aliphatic carbocycles. The first-order valence-electron chi connectivity index (χ1n) is 4.10. The first-order chi connectivity index (χ1) is 5.21. The van der Waals surface area contributed by atoms with Crippen LogP contribution in [0.3, 0.4) is 0 Å². The zero-order chi connectivity index (χ0) is 7.90. The minimum absolute atomic E-state index is 0.0962. The minimum atomic E-state index is 0.0962. The van der Waals surface area contributed by atoms with Crippen LogP contribution in [0, 0.1) is 5.92 Å². The predicted octanol–water partition coefficient (Wildman–Crippen LogP) is 1.23. The predicted molar refractivity (Wildman–Crippen MR) is 45.1 cm³/mol. The summed E-state index contributed by atoms with van der Waals surface area (Å²) >= 11 is 0. The van der Waals surface area contributed by atoms with Crippen molar-refractivity contribution in [3.8, 4) is 0 Å². The average molecular weight is 150 g/mol. The van der Waals surface area contributed by atoms with E-state index in [0.29, 0.717) is 5.92 Å². The summed E-state index contributed by atoms with van der Waals surface area (Å²) in [4.78, 5) is 0. The third-order valence-electron chi connectivity index (χ3n) is 2.65. The zero-order valence-electron chi connectivity index (χ0n) is 6.83. The topological polar surface area (TPSA) is 30.9 Å². The Balaban J connectivity index is 2.02. The van der Waals surface area contributed by atoms with Gasteiger partial charge in [-0.3, -0.25) is 0 Å². The van der Waals surface area contributed by atoms with E-state index in [1.54, 1.807) is 0 Å². The monoisotopic (exact) mass is 150 g/mol. The molecule has 0 spiro atoms. The highest BCUT2D eigenvalue weighted by atomic mass is 15.0. The molecule has 1 fully saturated rings. The summed E-state index contributed by atoms with van der Waals surface area (Å²) in [7, 11) is 0. The van der Waals surface area contributed by atoms with Gasteiger partial charge in [-0.1, -0.05) is 6.92 Å². The standard InChI is InChI=1S/C9H14N2/c1-8-6-9(8,10)7-11-4-2-3-5-11/h2-5,8H,6-7,10H2,1H3. The number of hydrogen-bond acceptors (Lipinski definition) is 1. The van der Waals surface area contributed by atoms with Gasteiger partial charge in [0.1, 0.15) is 0 Å². The minimum Gasteiger partial charge on any atom is -0.352 e. The first kappa shape index (κ1) is 6.92.